The topological polar surface area (TPSA) is 125 Å². The van der Waals surface area contributed by atoms with E-state index < -0.39 is 18.0 Å². The number of aliphatic carboxylic acids is 2. The van der Waals surface area contributed by atoms with E-state index in [4.69, 9.17) is 29.3 Å². The number of para-hydroxylation sites is 2. The Morgan fingerprint density at radius 3 is 2.35 bits per heavy atom. The number of benzene rings is 1. The lowest BCUT2D eigenvalue weighted by atomic mass is 10.3. The smallest absolute Gasteiger partial charge is 0.414 e. The summed E-state index contributed by atoms with van der Waals surface area (Å²) in [4.78, 5) is 18.2. The first-order chi connectivity index (χ1) is 12.4. The van der Waals surface area contributed by atoms with E-state index in [1.807, 2.05) is 36.0 Å². The summed E-state index contributed by atoms with van der Waals surface area (Å²) < 4.78 is 10.8. The molecule has 4 N–H and O–H groups in total. The van der Waals surface area contributed by atoms with Crippen LogP contribution >= 0.6 is 11.8 Å². The number of carboxylic acid groups (broad SMARTS) is 2. The van der Waals surface area contributed by atoms with Crippen LogP contribution < -0.4 is 14.8 Å². The van der Waals surface area contributed by atoms with Gasteiger partial charge in [0.15, 0.2) is 11.5 Å². The Kier molecular flexibility index (Phi) is 14.1. The van der Waals surface area contributed by atoms with Crippen molar-refractivity contribution in [2.24, 2.45) is 0 Å². The number of carbonyl (C=O) groups is 2. The molecule has 1 atom stereocenters. The molecular formula is C17H27NO7S. The first kappa shape index (κ1) is 24.0. The molecule has 0 radical (unpaired) electrons. The molecular weight excluding hydrogens is 362 g/mol. The molecule has 0 fully saturated rings. The summed E-state index contributed by atoms with van der Waals surface area (Å²) in [7, 11) is 1.61. The third-order valence-electron chi connectivity index (χ3n) is 2.91. The van der Waals surface area contributed by atoms with Crippen molar-refractivity contribution in [2.45, 2.75) is 19.4 Å². The molecule has 0 aliphatic heterocycles. The maximum atomic E-state index is 9.84. The second-order valence-corrected chi connectivity index (χ2v) is 6.37. The molecule has 0 aliphatic carbocycles. The van der Waals surface area contributed by atoms with Crippen molar-refractivity contribution in [1.29, 1.82) is 0 Å². The maximum absolute atomic E-state index is 9.84. The number of nitrogens with one attached hydrogen (secondary N) is 1. The lowest BCUT2D eigenvalue weighted by molar-refractivity contribution is -0.159. The first-order valence-corrected chi connectivity index (χ1v) is 9.26. The Hall–Kier alpha value is -1.97. The fourth-order valence-electron chi connectivity index (χ4n) is 1.70. The summed E-state index contributed by atoms with van der Waals surface area (Å²) in [5, 5.41) is 27.9. The number of aliphatic hydroxyl groups excluding tert-OH is 1. The molecule has 0 saturated carbocycles. The molecule has 0 heterocycles. The number of carboxylic acids is 2. The molecule has 0 aromatic heterocycles. The van der Waals surface area contributed by atoms with Crippen LogP contribution in [0.25, 0.3) is 0 Å². The van der Waals surface area contributed by atoms with Crippen molar-refractivity contribution in [1.82, 2.24) is 5.32 Å². The van der Waals surface area contributed by atoms with Crippen LogP contribution in [0, 0.1) is 0 Å². The Labute approximate surface area is 157 Å². The van der Waals surface area contributed by atoms with Crippen LogP contribution in [0.1, 0.15) is 13.3 Å². The minimum atomic E-state index is -1.82. The van der Waals surface area contributed by atoms with Crippen molar-refractivity contribution in [3.63, 3.8) is 0 Å². The molecule has 0 bridgehead atoms. The summed E-state index contributed by atoms with van der Waals surface area (Å²) in [5.74, 6) is 0.0230. The van der Waals surface area contributed by atoms with Crippen molar-refractivity contribution in [3.05, 3.63) is 24.3 Å². The zero-order valence-electron chi connectivity index (χ0n) is 15.0. The molecule has 26 heavy (non-hydrogen) atoms. The number of hydrogen-bond donors (Lipinski definition) is 4. The van der Waals surface area contributed by atoms with E-state index in [0.29, 0.717) is 18.0 Å². The van der Waals surface area contributed by atoms with E-state index in [1.54, 1.807) is 7.11 Å². The minimum Gasteiger partial charge on any atom is -0.493 e. The van der Waals surface area contributed by atoms with Gasteiger partial charge < -0.3 is 30.1 Å². The molecule has 8 nitrogen and oxygen atoms in total. The molecule has 148 valence electrons. The number of ether oxygens (including phenoxy) is 2. The Bertz CT molecular complexity index is 516. The Balaban J connectivity index is 0.000000896. The monoisotopic (exact) mass is 389 g/mol. The highest BCUT2D eigenvalue weighted by atomic mass is 32.2. The van der Waals surface area contributed by atoms with Gasteiger partial charge in [-0.2, -0.15) is 11.8 Å². The molecule has 0 aliphatic rings. The highest BCUT2D eigenvalue weighted by molar-refractivity contribution is 7.99. The van der Waals surface area contributed by atoms with E-state index in [-0.39, 0.29) is 6.61 Å². The number of methoxy groups -OCH3 is 1. The van der Waals surface area contributed by atoms with Crippen LogP contribution in [0.4, 0.5) is 0 Å². The van der Waals surface area contributed by atoms with Gasteiger partial charge in [-0.25, -0.2) is 9.59 Å². The van der Waals surface area contributed by atoms with E-state index in [1.165, 1.54) is 0 Å². The first-order valence-electron chi connectivity index (χ1n) is 8.10. The molecule has 1 aromatic carbocycles. The highest BCUT2D eigenvalue weighted by Gasteiger charge is 2.07. The lowest BCUT2D eigenvalue weighted by Gasteiger charge is -2.14. The third kappa shape index (κ3) is 12.4. The molecule has 0 spiro atoms. The average Bonchev–Trinajstić information content (AvgIpc) is 2.63. The van der Waals surface area contributed by atoms with E-state index in [0.717, 1.165) is 24.5 Å². The van der Waals surface area contributed by atoms with Gasteiger partial charge in [0, 0.05) is 6.54 Å². The van der Waals surface area contributed by atoms with Crippen molar-refractivity contribution in [3.8, 4) is 11.5 Å². The molecule has 0 amide bonds. The summed E-state index contributed by atoms with van der Waals surface area (Å²) in [6.07, 6.45) is 0.609. The number of thioether (sulfide) groups is 1. The van der Waals surface area contributed by atoms with Crippen LogP contribution in [0.2, 0.25) is 0 Å². The van der Waals surface area contributed by atoms with Gasteiger partial charge in [0.05, 0.1) is 7.11 Å². The zero-order valence-corrected chi connectivity index (χ0v) is 15.8. The standard InChI is InChI=1S/C15H25NO3S.C2H2O4/c1-3-20-10-6-9-16-11-13(17)12-19-15-8-5-4-7-14(15)18-2;3-1(4)2(5)6/h4-5,7-8,13,16-17H,3,6,9-12H2,1-2H3;(H,3,4)(H,5,6). The highest BCUT2D eigenvalue weighted by Crippen LogP contribution is 2.25. The quantitative estimate of drug-likeness (QED) is 0.327. The normalized spacial score (nSPS) is 11.0. The summed E-state index contributed by atoms with van der Waals surface area (Å²) in [6.45, 7) is 3.90. The van der Waals surface area contributed by atoms with Gasteiger partial charge in [0.25, 0.3) is 0 Å². The molecule has 1 rings (SSSR count). The molecule has 9 heteroatoms. The molecule has 1 unspecified atom stereocenters. The Morgan fingerprint density at radius 2 is 1.81 bits per heavy atom. The van der Waals surface area contributed by atoms with Gasteiger partial charge in [-0.05, 0) is 36.6 Å². The van der Waals surface area contributed by atoms with Crippen LogP contribution in [0.3, 0.4) is 0 Å². The van der Waals surface area contributed by atoms with E-state index in [2.05, 4.69) is 12.2 Å². The molecule has 1 aromatic rings. The fourth-order valence-corrected chi connectivity index (χ4v) is 2.33. The van der Waals surface area contributed by atoms with Gasteiger partial charge in [-0.1, -0.05) is 19.1 Å². The third-order valence-corrected chi connectivity index (χ3v) is 3.90. The van der Waals surface area contributed by atoms with Gasteiger partial charge in [0.2, 0.25) is 0 Å². The summed E-state index contributed by atoms with van der Waals surface area (Å²) in [6, 6.07) is 7.44. The minimum absolute atomic E-state index is 0.261. The number of rotatable bonds is 11. The van der Waals surface area contributed by atoms with E-state index in [9.17, 15) is 5.11 Å². The van der Waals surface area contributed by atoms with E-state index >= 15 is 0 Å². The van der Waals surface area contributed by atoms with Gasteiger partial charge in [0.1, 0.15) is 12.7 Å². The van der Waals surface area contributed by atoms with Crippen LogP contribution in [0.5, 0.6) is 11.5 Å². The van der Waals surface area contributed by atoms with Crippen LogP contribution in [-0.4, -0.2) is 71.7 Å². The van der Waals surface area contributed by atoms with Gasteiger partial charge in [-0.3, -0.25) is 0 Å². The largest absolute Gasteiger partial charge is 0.493 e. The summed E-state index contributed by atoms with van der Waals surface area (Å²) in [5.41, 5.74) is 0. The van der Waals surface area contributed by atoms with Crippen LogP contribution in [0.15, 0.2) is 24.3 Å². The number of aliphatic hydroxyl groups is 1. The molecule has 0 saturated heterocycles. The van der Waals surface area contributed by atoms with Crippen molar-refractivity contribution >= 4 is 23.7 Å². The van der Waals surface area contributed by atoms with Crippen molar-refractivity contribution in [2.75, 3.05) is 38.3 Å². The van der Waals surface area contributed by atoms with Gasteiger partial charge >= 0.3 is 11.9 Å². The SMILES string of the molecule is CCSCCCNCC(O)COc1ccccc1OC.O=C(O)C(=O)O. The second kappa shape index (κ2) is 15.3. The summed E-state index contributed by atoms with van der Waals surface area (Å²) >= 11 is 1.94. The van der Waals surface area contributed by atoms with Crippen molar-refractivity contribution < 1.29 is 34.4 Å². The predicted molar refractivity (Wildman–Crippen MR) is 100 cm³/mol. The Morgan fingerprint density at radius 1 is 1.19 bits per heavy atom. The lowest BCUT2D eigenvalue weighted by Crippen LogP contribution is -2.32. The second-order valence-electron chi connectivity index (χ2n) is 4.98. The predicted octanol–water partition coefficient (Wildman–Crippen LogP) is 1.32. The average molecular weight is 389 g/mol. The zero-order chi connectivity index (χ0) is 19.8. The maximum Gasteiger partial charge on any atom is 0.414 e. The van der Waals surface area contributed by atoms with Gasteiger partial charge in [-0.15, -0.1) is 0 Å². The van der Waals surface area contributed by atoms with Crippen LogP contribution in [-0.2, 0) is 9.59 Å². The fraction of sp³-hybridized carbons (Fsp3) is 0.529. The number of hydrogen-bond acceptors (Lipinski definition) is 7.